The number of fused-ring (bicyclic) bond motifs is 1. The molecule has 0 atom stereocenters. The fourth-order valence-electron chi connectivity index (χ4n) is 2.48. The molecule has 1 amide bonds. The van der Waals surface area contributed by atoms with Crippen molar-refractivity contribution in [3.05, 3.63) is 47.2 Å². The number of aromatic nitrogens is 3. The average molecular weight is 345 g/mol. The molecule has 124 valence electrons. The van der Waals surface area contributed by atoms with Crippen LogP contribution in [-0.4, -0.2) is 51.4 Å². The fourth-order valence-corrected chi connectivity index (χ4v) is 2.66. The minimum absolute atomic E-state index is 0.00906. The zero-order valence-electron chi connectivity index (χ0n) is 13.4. The van der Waals surface area contributed by atoms with Crippen molar-refractivity contribution < 1.29 is 9.90 Å². The van der Waals surface area contributed by atoms with E-state index < -0.39 is 0 Å². The van der Waals surface area contributed by atoms with Gasteiger partial charge in [0.15, 0.2) is 0 Å². The van der Waals surface area contributed by atoms with Gasteiger partial charge in [0, 0.05) is 36.3 Å². The Hall–Kier alpha value is -2.44. The van der Waals surface area contributed by atoms with E-state index in [1.165, 1.54) is 4.90 Å². The van der Waals surface area contributed by atoms with Gasteiger partial charge < -0.3 is 10.0 Å². The van der Waals surface area contributed by atoms with Crippen LogP contribution in [0.4, 0.5) is 0 Å². The van der Waals surface area contributed by atoms with Gasteiger partial charge in [-0.25, -0.2) is 4.98 Å². The maximum Gasteiger partial charge on any atom is 0.254 e. The molecule has 2 aromatic heterocycles. The van der Waals surface area contributed by atoms with E-state index in [1.807, 2.05) is 0 Å². The van der Waals surface area contributed by atoms with Crippen molar-refractivity contribution in [3.8, 4) is 11.3 Å². The second-order valence-corrected chi connectivity index (χ2v) is 6.07. The van der Waals surface area contributed by atoms with Gasteiger partial charge in [0.05, 0.1) is 36.1 Å². The predicted octanol–water partition coefficient (Wildman–Crippen LogP) is 2.45. The van der Waals surface area contributed by atoms with Crippen LogP contribution in [0.15, 0.2) is 36.7 Å². The molecule has 24 heavy (non-hydrogen) atoms. The van der Waals surface area contributed by atoms with Crippen LogP contribution in [0.2, 0.25) is 5.02 Å². The second-order valence-electron chi connectivity index (χ2n) is 5.63. The average Bonchev–Trinajstić information content (AvgIpc) is 3.02. The Morgan fingerprint density at radius 3 is 2.83 bits per heavy atom. The lowest BCUT2D eigenvalue weighted by Gasteiger charge is -2.13. The van der Waals surface area contributed by atoms with E-state index >= 15 is 0 Å². The lowest BCUT2D eigenvalue weighted by molar-refractivity contribution is 0.0829. The summed E-state index contributed by atoms with van der Waals surface area (Å²) >= 11 is 6.08. The number of amides is 1. The van der Waals surface area contributed by atoms with Crippen molar-refractivity contribution in [1.82, 2.24) is 19.7 Å². The molecule has 0 radical (unpaired) electrons. The summed E-state index contributed by atoms with van der Waals surface area (Å²) in [5, 5.41) is 14.5. The van der Waals surface area contributed by atoms with Crippen LogP contribution < -0.4 is 0 Å². The Bertz CT molecular complexity index is 905. The van der Waals surface area contributed by atoms with Gasteiger partial charge in [-0.15, -0.1) is 0 Å². The third-order valence-electron chi connectivity index (χ3n) is 3.67. The van der Waals surface area contributed by atoms with E-state index in [1.54, 1.807) is 55.4 Å². The molecule has 3 rings (SSSR count). The highest BCUT2D eigenvalue weighted by Crippen LogP contribution is 2.27. The molecule has 0 fully saturated rings. The Morgan fingerprint density at radius 1 is 1.33 bits per heavy atom. The first-order valence-electron chi connectivity index (χ1n) is 7.45. The minimum atomic E-state index is -0.117. The lowest BCUT2D eigenvalue weighted by atomic mass is 10.0. The van der Waals surface area contributed by atoms with Crippen molar-refractivity contribution in [2.75, 3.05) is 20.7 Å². The molecule has 0 saturated heterocycles. The molecule has 1 aromatic carbocycles. The summed E-state index contributed by atoms with van der Waals surface area (Å²) < 4.78 is 1.64. The van der Waals surface area contributed by atoms with Crippen molar-refractivity contribution in [1.29, 1.82) is 0 Å². The number of aliphatic hydroxyl groups excluding tert-OH is 1. The summed E-state index contributed by atoms with van der Waals surface area (Å²) in [6, 6.07) is 7.05. The summed E-state index contributed by atoms with van der Waals surface area (Å²) in [6.07, 6.45) is 3.47. The molecule has 0 aliphatic heterocycles. The largest absolute Gasteiger partial charge is 0.394 e. The standard InChI is InChI=1S/C17H17ClN4O2/c1-21(2)17(24)14-8-16(11-9-19-22(10-11)5-6-23)20-15-4-3-12(18)7-13(14)15/h3-4,7-10,23H,5-6H2,1-2H3. The van der Waals surface area contributed by atoms with Crippen LogP contribution in [-0.2, 0) is 6.54 Å². The lowest BCUT2D eigenvalue weighted by Crippen LogP contribution is -2.22. The monoisotopic (exact) mass is 344 g/mol. The molecule has 0 aliphatic rings. The maximum absolute atomic E-state index is 12.6. The summed E-state index contributed by atoms with van der Waals surface area (Å²) in [5.74, 6) is -0.117. The van der Waals surface area contributed by atoms with E-state index in [2.05, 4.69) is 10.1 Å². The van der Waals surface area contributed by atoms with Gasteiger partial charge in [0.2, 0.25) is 0 Å². The first-order chi connectivity index (χ1) is 11.5. The number of hydrogen-bond donors (Lipinski definition) is 1. The van der Waals surface area contributed by atoms with Crippen LogP contribution in [0.1, 0.15) is 10.4 Å². The van der Waals surface area contributed by atoms with E-state index in [0.717, 1.165) is 5.56 Å². The Morgan fingerprint density at radius 2 is 2.12 bits per heavy atom. The molecule has 0 saturated carbocycles. The molecule has 0 aliphatic carbocycles. The van der Waals surface area contributed by atoms with Crippen molar-refractivity contribution in [3.63, 3.8) is 0 Å². The third kappa shape index (κ3) is 3.11. The van der Waals surface area contributed by atoms with Gasteiger partial charge in [-0.3, -0.25) is 9.48 Å². The zero-order chi connectivity index (χ0) is 17.3. The Labute approximate surface area is 144 Å². The first kappa shape index (κ1) is 16.4. The van der Waals surface area contributed by atoms with E-state index in [-0.39, 0.29) is 12.5 Å². The maximum atomic E-state index is 12.6. The summed E-state index contributed by atoms with van der Waals surface area (Å²) in [6.45, 7) is 0.418. The van der Waals surface area contributed by atoms with Gasteiger partial charge in [0.1, 0.15) is 0 Å². The summed E-state index contributed by atoms with van der Waals surface area (Å²) in [7, 11) is 3.41. The van der Waals surface area contributed by atoms with Crippen LogP contribution in [0.3, 0.4) is 0 Å². The first-order valence-corrected chi connectivity index (χ1v) is 7.83. The van der Waals surface area contributed by atoms with Gasteiger partial charge in [0.25, 0.3) is 5.91 Å². The zero-order valence-corrected chi connectivity index (χ0v) is 14.2. The number of aliphatic hydroxyl groups is 1. The highest BCUT2D eigenvalue weighted by atomic mass is 35.5. The van der Waals surface area contributed by atoms with Gasteiger partial charge in [-0.2, -0.15) is 5.10 Å². The van der Waals surface area contributed by atoms with Crippen LogP contribution in [0.25, 0.3) is 22.2 Å². The fraction of sp³-hybridized carbons (Fsp3) is 0.235. The van der Waals surface area contributed by atoms with Crippen molar-refractivity contribution in [2.45, 2.75) is 6.54 Å². The number of nitrogens with zero attached hydrogens (tertiary/aromatic N) is 4. The van der Waals surface area contributed by atoms with Gasteiger partial charge in [-0.05, 0) is 24.3 Å². The smallest absolute Gasteiger partial charge is 0.254 e. The highest BCUT2D eigenvalue weighted by Gasteiger charge is 2.16. The molecule has 0 bridgehead atoms. The number of halogens is 1. The number of benzene rings is 1. The topological polar surface area (TPSA) is 71.2 Å². The SMILES string of the molecule is CN(C)C(=O)c1cc(-c2cnn(CCO)c2)nc2ccc(Cl)cc12. The molecular weight excluding hydrogens is 328 g/mol. The van der Waals surface area contributed by atoms with Crippen LogP contribution >= 0.6 is 11.6 Å². The van der Waals surface area contributed by atoms with Gasteiger partial charge >= 0.3 is 0 Å². The third-order valence-corrected chi connectivity index (χ3v) is 3.90. The molecule has 1 N–H and O–H groups in total. The van der Waals surface area contributed by atoms with Crippen LogP contribution in [0.5, 0.6) is 0 Å². The second kappa shape index (κ2) is 6.59. The van der Waals surface area contributed by atoms with Crippen molar-refractivity contribution >= 4 is 28.4 Å². The van der Waals surface area contributed by atoms with Gasteiger partial charge in [-0.1, -0.05) is 11.6 Å². The van der Waals surface area contributed by atoms with E-state index in [9.17, 15) is 4.79 Å². The van der Waals surface area contributed by atoms with Crippen molar-refractivity contribution in [2.24, 2.45) is 0 Å². The number of carbonyl (C=O) groups is 1. The normalized spacial score (nSPS) is 11.0. The number of hydrogen-bond acceptors (Lipinski definition) is 4. The molecule has 0 spiro atoms. The van der Waals surface area contributed by atoms with Crippen LogP contribution in [0, 0.1) is 0 Å². The molecule has 3 aromatic rings. The Kier molecular flexibility index (Phi) is 4.51. The molecule has 7 heteroatoms. The predicted molar refractivity (Wildman–Crippen MR) is 93.1 cm³/mol. The summed E-state index contributed by atoms with van der Waals surface area (Å²) in [5.41, 5.74) is 2.67. The Balaban J connectivity index is 2.18. The number of rotatable bonds is 4. The minimum Gasteiger partial charge on any atom is -0.394 e. The quantitative estimate of drug-likeness (QED) is 0.789. The molecular formula is C17H17ClN4O2. The molecule has 0 unspecified atom stereocenters. The molecule has 2 heterocycles. The van der Waals surface area contributed by atoms with E-state index in [4.69, 9.17) is 16.7 Å². The number of pyridine rings is 1. The summed E-state index contributed by atoms with van der Waals surface area (Å²) in [4.78, 5) is 18.7. The van der Waals surface area contributed by atoms with E-state index in [0.29, 0.717) is 33.7 Å². The number of carbonyl (C=O) groups excluding carboxylic acids is 1. The highest BCUT2D eigenvalue weighted by molar-refractivity contribution is 6.31. The molecule has 6 nitrogen and oxygen atoms in total.